The number of amides is 1. The molecule has 1 aromatic carbocycles. The maximum Gasteiger partial charge on any atom is 0.242 e. The highest BCUT2D eigenvalue weighted by atomic mass is 16.5. The van der Waals surface area contributed by atoms with Crippen LogP contribution in [0.3, 0.4) is 0 Å². The van der Waals surface area contributed by atoms with E-state index < -0.39 is 0 Å². The molecule has 6 nitrogen and oxygen atoms in total. The van der Waals surface area contributed by atoms with Crippen LogP contribution in [0.2, 0.25) is 0 Å². The highest BCUT2D eigenvalue weighted by Crippen LogP contribution is 2.31. The molecule has 1 aliphatic carbocycles. The first kappa shape index (κ1) is 14.7. The molecule has 1 amide bonds. The molecule has 0 saturated heterocycles. The van der Waals surface area contributed by atoms with Gasteiger partial charge in [0.05, 0.1) is 12.6 Å². The third-order valence-corrected chi connectivity index (χ3v) is 4.14. The van der Waals surface area contributed by atoms with Crippen LogP contribution in [0.5, 0.6) is 5.75 Å². The van der Waals surface area contributed by atoms with Crippen LogP contribution in [0.25, 0.3) is 0 Å². The molecule has 1 atom stereocenters. The number of para-hydroxylation sites is 1. The number of aliphatic imine (C=N–C) groups is 1. The lowest BCUT2D eigenvalue weighted by Crippen LogP contribution is -2.44. The van der Waals surface area contributed by atoms with Crippen LogP contribution in [0, 0.1) is 0 Å². The summed E-state index contributed by atoms with van der Waals surface area (Å²) >= 11 is 0. The largest absolute Gasteiger partial charge is 0.493 e. The molecule has 118 valence electrons. The highest BCUT2D eigenvalue weighted by molar-refractivity contribution is 5.84. The molecule has 0 aromatic heterocycles. The Labute approximate surface area is 130 Å². The van der Waals surface area contributed by atoms with Crippen LogP contribution >= 0.6 is 0 Å². The fourth-order valence-corrected chi connectivity index (χ4v) is 2.70. The Morgan fingerprint density at radius 3 is 2.86 bits per heavy atom. The van der Waals surface area contributed by atoms with Gasteiger partial charge in [-0.3, -0.25) is 4.79 Å². The van der Waals surface area contributed by atoms with Crippen LogP contribution in [0.1, 0.15) is 37.3 Å². The first-order valence-corrected chi connectivity index (χ1v) is 7.80. The number of nitrogens with zero attached hydrogens (tertiary/aromatic N) is 1. The zero-order valence-corrected chi connectivity index (χ0v) is 12.5. The van der Waals surface area contributed by atoms with Crippen LogP contribution < -0.4 is 21.1 Å². The molecule has 1 fully saturated rings. The Morgan fingerprint density at radius 2 is 2.09 bits per heavy atom. The van der Waals surface area contributed by atoms with E-state index in [1.165, 1.54) is 6.42 Å². The average molecular weight is 302 g/mol. The fourth-order valence-electron chi connectivity index (χ4n) is 2.70. The van der Waals surface area contributed by atoms with E-state index in [1.54, 1.807) is 0 Å². The summed E-state index contributed by atoms with van der Waals surface area (Å²) in [6.07, 6.45) is 4.25. The first-order chi connectivity index (χ1) is 10.7. The molecular weight excluding hydrogens is 280 g/mol. The van der Waals surface area contributed by atoms with Gasteiger partial charge in [-0.15, -0.1) is 0 Å². The molecule has 3 rings (SSSR count). The first-order valence-electron chi connectivity index (χ1n) is 7.80. The van der Waals surface area contributed by atoms with Crippen LogP contribution in [-0.2, 0) is 4.79 Å². The molecule has 6 heteroatoms. The van der Waals surface area contributed by atoms with Crippen molar-refractivity contribution in [1.29, 1.82) is 0 Å². The number of nitrogens with two attached hydrogens (primary N) is 1. The maximum atomic E-state index is 12.1. The Bertz CT molecular complexity index is 569. The number of nitrogens with one attached hydrogen (secondary N) is 2. The molecule has 0 bridgehead atoms. The zero-order chi connectivity index (χ0) is 15.4. The van der Waals surface area contributed by atoms with Gasteiger partial charge in [0.25, 0.3) is 0 Å². The second-order valence-electron chi connectivity index (χ2n) is 5.77. The van der Waals surface area contributed by atoms with Gasteiger partial charge in [-0.25, -0.2) is 4.99 Å². The summed E-state index contributed by atoms with van der Waals surface area (Å²) in [6, 6.07) is 8.19. The summed E-state index contributed by atoms with van der Waals surface area (Å²) in [6.45, 7) is 0.654. The molecule has 2 aliphatic rings. The standard InChI is InChI=1S/C16H22N4O2/c17-16(19-11-4-3-5-11)18-10-15(21)20-13-8-9-22-14-7-2-1-6-12(13)14/h1-2,6-7,11,13H,3-5,8-10H2,(H,20,21)(H3,17,18,19). The van der Waals surface area contributed by atoms with Crippen LogP contribution in [0.4, 0.5) is 0 Å². The molecule has 1 aromatic rings. The van der Waals surface area contributed by atoms with E-state index in [9.17, 15) is 4.79 Å². The minimum absolute atomic E-state index is 0.0199. The number of hydrogen-bond donors (Lipinski definition) is 3. The summed E-state index contributed by atoms with van der Waals surface area (Å²) in [4.78, 5) is 16.2. The molecule has 1 aliphatic heterocycles. The van der Waals surface area contributed by atoms with Crippen molar-refractivity contribution in [3.05, 3.63) is 29.8 Å². The second-order valence-corrected chi connectivity index (χ2v) is 5.77. The van der Waals surface area contributed by atoms with Gasteiger partial charge in [-0.2, -0.15) is 0 Å². The van der Waals surface area contributed by atoms with Crippen molar-refractivity contribution in [2.45, 2.75) is 37.8 Å². The normalized spacial score (nSPS) is 21.3. The lowest BCUT2D eigenvalue weighted by atomic mass is 9.93. The van der Waals surface area contributed by atoms with Gasteiger partial charge in [0.15, 0.2) is 5.96 Å². The van der Waals surface area contributed by atoms with Gasteiger partial charge < -0.3 is 21.1 Å². The van der Waals surface area contributed by atoms with Crippen LogP contribution in [-0.4, -0.2) is 31.1 Å². The predicted octanol–water partition coefficient (Wildman–Crippen LogP) is 1.08. The summed E-state index contributed by atoms with van der Waals surface area (Å²) in [5.41, 5.74) is 6.80. The second kappa shape index (κ2) is 6.68. The Morgan fingerprint density at radius 1 is 1.27 bits per heavy atom. The quantitative estimate of drug-likeness (QED) is 0.573. The summed E-state index contributed by atoms with van der Waals surface area (Å²) in [5, 5.41) is 6.12. The molecular formula is C16H22N4O2. The molecule has 0 spiro atoms. The average Bonchev–Trinajstić information content (AvgIpc) is 2.49. The fraction of sp³-hybridized carbons (Fsp3) is 0.500. The van der Waals surface area contributed by atoms with E-state index in [0.717, 1.165) is 30.6 Å². The summed E-state index contributed by atoms with van der Waals surface area (Å²) in [7, 11) is 0. The minimum Gasteiger partial charge on any atom is -0.493 e. The lowest BCUT2D eigenvalue weighted by Gasteiger charge is -2.27. The molecule has 1 unspecified atom stereocenters. The number of carbonyl (C=O) groups is 1. The van der Waals surface area contributed by atoms with Crippen molar-refractivity contribution in [3.63, 3.8) is 0 Å². The van der Waals surface area contributed by atoms with Crippen molar-refractivity contribution in [3.8, 4) is 5.75 Å². The highest BCUT2D eigenvalue weighted by Gasteiger charge is 2.22. The van der Waals surface area contributed by atoms with Gasteiger partial charge >= 0.3 is 0 Å². The molecule has 0 radical (unpaired) electrons. The molecule has 4 N–H and O–H groups in total. The smallest absolute Gasteiger partial charge is 0.242 e. The van der Waals surface area contributed by atoms with Crippen molar-refractivity contribution in [2.75, 3.05) is 13.2 Å². The van der Waals surface area contributed by atoms with E-state index in [1.807, 2.05) is 24.3 Å². The number of benzene rings is 1. The van der Waals surface area contributed by atoms with E-state index >= 15 is 0 Å². The topological polar surface area (TPSA) is 88.7 Å². The van der Waals surface area contributed by atoms with Gasteiger partial charge in [0.1, 0.15) is 12.3 Å². The van der Waals surface area contributed by atoms with E-state index in [4.69, 9.17) is 10.5 Å². The Kier molecular flexibility index (Phi) is 4.46. The predicted molar refractivity (Wildman–Crippen MR) is 84.7 cm³/mol. The van der Waals surface area contributed by atoms with Crippen LogP contribution in [0.15, 0.2) is 29.3 Å². The summed E-state index contributed by atoms with van der Waals surface area (Å²) in [5.74, 6) is 1.07. The molecule has 1 saturated carbocycles. The van der Waals surface area contributed by atoms with Crippen molar-refractivity contribution in [1.82, 2.24) is 10.6 Å². The number of guanidine groups is 1. The van der Waals surface area contributed by atoms with Gasteiger partial charge in [0.2, 0.25) is 5.91 Å². The molecule has 22 heavy (non-hydrogen) atoms. The van der Waals surface area contributed by atoms with E-state index in [0.29, 0.717) is 18.6 Å². The number of hydrogen-bond acceptors (Lipinski definition) is 3. The van der Waals surface area contributed by atoms with Gasteiger partial charge in [-0.05, 0) is 25.3 Å². The van der Waals surface area contributed by atoms with Crippen molar-refractivity contribution in [2.24, 2.45) is 10.7 Å². The van der Waals surface area contributed by atoms with E-state index in [-0.39, 0.29) is 18.5 Å². The Hall–Kier alpha value is -2.24. The van der Waals surface area contributed by atoms with Gasteiger partial charge in [0, 0.05) is 18.0 Å². The maximum absolute atomic E-state index is 12.1. The number of rotatable bonds is 4. The Balaban J connectivity index is 1.52. The lowest BCUT2D eigenvalue weighted by molar-refractivity contribution is -0.120. The van der Waals surface area contributed by atoms with Gasteiger partial charge in [-0.1, -0.05) is 18.2 Å². The van der Waals surface area contributed by atoms with Crippen molar-refractivity contribution < 1.29 is 9.53 Å². The minimum atomic E-state index is -0.125. The molecule has 1 heterocycles. The third-order valence-electron chi connectivity index (χ3n) is 4.14. The van der Waals surface area contributed by atoms with E-state index in [2.05, 4.69) is 15.6 Å². The number of fused-ring (bicyclic) bond motifs is 1. The number of ether oxygens (including phenoxy) is 1. The monoisotopic (exact) mass is 302 g/mol. The third kappa shape index (κ3) is 3.50. The van der Waals surface area contributed by atoms with Crippen molar-refractivity contribution >= 4 is 11.9 Å². The summed E-state index contributed by atoms with van der Waals surface area (Å²) < 4.78 is 5.59. The number of carbonyl (C=O) groups excluding carboxylic acids is 1. The SMILES string of the molecule is NC(=NCC(=O)NC1CCOc2ccccc21)NC1CCC1. The zero-order valence-electron chi connectivity index (χ0n) is 12.5.